The number of carbonyl (C=O) groups is 1. The average molecular weight is 366 g/mol. The topological polar surface area (TPSA) is 84.6 Å². The molecule has 1 aromatic carbocycles. The minimum absolute atomic E-state index is 0.0903. The number of fused-ring (bicyclic) bond motifs is 1. The summed E-state index contributed by atoms with van der Waals surface area (Å²) in [6.45, 7) is 8.98. The van der Waals surface area contributed by atoms with Crippen LogP contribution in [0.3, 0.4) is 0 Å². The summed E-state index contributed by atoms with van der Waals surface area (Å²) in [6.07, 6.45) is 8.01. The number of aliphatic hydroxyl groups excluding tert-OH is 1. The fourth-order valence-corrected chi connectivity index (χ4v) is 2.22. The standard InChI is InChI=1S/C21H22N2O4/c1-5-8-18(24)15-9-10-17-19(12-15)27-21(23-17)14(6-2)11-16(7-3)26-13-20(25)22-4/h5-12,24H,1,3,13H2,2,4H3,(H,22,25)/b14-6+,16-11+,18-8-. The Bertz CT molecular complexity index is 948. The summed E-state index contributed by atoms with van der Waals surface area (Å²) < 4.78 is 11.2. The summed E-state index contributed by atoms with van der Waals surface area (Å²) in [5.41, 5.74) is 2.46. The zero-order valence-electron chi connectivity index (χ0n) is 15.4. The molecule has 0 radical (unpaired) electrons. The van der Waals surface area contributed by atoms with Gasteiger partial charge in [0, 0.05) is 18.2 Å². The molecule has 0 bridgehead atoms. The number of benzene rings is 1. The van der Waals surface area contributed by atoms with Crippen LogP contribution < -0.4 is 5.32 Å². The Morgan fingerprint density at radius 3 is 2.81 bits per heavy atom. The molecule has 1 heterocycles. The van der Waals surface area contributed by atoms with Gasteiger partial charge >= 0.3 is 0 Å². The maximum atomic E-state index is 11.3. The molecular weight excluding hydrogens is 344 g/mol. The van der Waals surface area contributed by atoms with Crippen LogP contribution in [0.2, 0.25) is 0 Å². The number of nitrogens with one attached hydrogen (secondary N) is 1. The van der Waals surface area contributed by atoms with Crippen LogP contribution in [-0.4, -0.2) is 29.7 Å². The van der Waals surface area contributed by atoms with E-state index in [4.69, 9.17) is 9.15 Å². The predicted molar refractivity (Wildman–Crippen MR) is 107 cm³/mol. The van der Waals surface area contributed by atoms with Crippen LogP contribution in [-0.2, 0) is 9.53 Å². The molecule has 0 aliphatic carbocycles. The van der Waals surface area contributed by atoms with Crippen LogP contribution in [0.15, 0.2) is 71.9 Å². The molecule has 2 N–H and O–H groups in total. The summed E-state index contributed by atoms with van der Waals surface area (Å²) in [4.78, 5) is 15.8. The molecule has 140 valence electrons. The Hall–Kier alpha value is -3.54. The van der Waals surface area contributed by atoms with E-state index in [-0.39, 0.29) is 18.3 Å². The average Bonchev–Trinajstić information content (AvgIpc) is 3.11. The highest BCUT2D eigenvalue weighted by Crippen LogP contribution is 2.25. The van der Waals surface area contributed by atoms with Gasteiger partial charge in [-0.05, 0) is 43.4 Å². The SMILES string of the molecule is C=C/C=C(\O)c1ccc2nc(C(/C=C(\C=C)OCC(=O)NC)=C/C)oc2c1. The van der Waals surface area contributed by atoms with Crippen LogP contribution in [0.25, 0.3) is 22.4 Å². The van der Waals surface area contributed by atoms with Crippen LogP contribution in [0.4, 0.5) is 0 Å². The van der Waals surface area contributed by atoms with Gasteiger partial charge < -0.3 is 19.6 Å². The van der Waals surface area contributed by atoms with E-state index in [1.165, 1.54) is 25.3 Å². The van der Waals surface area contributed by atoms with Gasteiger partial charge in [0.1, 0.15) is 17.0 Å². The Labute approximate surface area is 157 Å². The monoisotopic (exact) mass is 366 g/mol. The number of allylic oxidation sites excluding steroid dienone is 6. The van der Waals surface area contributed by atoms with Crippen molar-refractivity contribution in [2.75, 3.05) is 13.7 Å². The fraction of sp³-hybridized carbons (Fsp3) is 0.143. The second-order valence-corrected chi connectivity index (χ2v) is 5.45. The number of hydrogen-bond donors (Lipinski definition) is 2. The molecule has 6 nitrogen and oxygen atoms in total. The van der Waals surface area contributed by atoms with E-state index in [9.17, 15) is 9.90 Å². The number of carbonyl (C=O) groups excluding carboxylic acids is 1. The molecule has 27 heavy (non-hydrogen) atoms. The van der Waals surface area contributed by atoms with Crippen molar-refractivity contribution < 1.29 is 19.1 Å². The van der Waals surface area contributed by atoms with Gasteiger partial charge in [-0.25, -0.2) is 4.98 Å². The number of ether oxygens (including phenoxy) is 1. The fourth-order valence-electron chi connectivity index (χ4n) is 2.22. The minimum atomic E-state index is -0.244. The van der Waals surface area contributed by atoms with Gasteiger partial charge in [-0.3, -0.25) is 4.79 Å². The summed E-state index contributed by atoms with van der Waals surface area (Å²) in [6, 6.07) is 5.21. The van der Waals surface area contributed by atoms with E-state index in [0.717, 1.165) is 0 Å². The molecule has 2 aromatic rings. The van der Waals surface area contributed by atoms with E-state index in [2.05, 4.69) is 23.5 Å². The van der Waals surface area contributed by atoms with Gasteiger partial charge in [-0.1, -0.05) is 25.3 Å². The van der Waals surface area contributed by atoms with Crippen LogP contribution in [0, 0.1) is 0 Å². The third kappa shape index (κ3) is 4.98. The first-order chi connectivity index (χ1) is 13.0. The van der Waals surface area contributed by atoms with Gasteiger partial charge in [-0.2, -0.15) is 0 Å². The first-order valence-corrected chi connectivity index (χ1v) is 8.29. The predicted octanol–water partition coefficient (Wildman–Crippen LogP) is 4.15. The summed E-state index contributed by atoms with van der Waals surface area (Å²) in [7, 11) is 1.54. The number of aromatic nitrogens is 1. The molecule has 0 aliphatic rings. The Balaban J connectivity index is 2.33. The molecule has 2 rings (SSSR count). The zero-order valence-corrected chi connectivity index (χ0v) is 15.4. The van der Waals surface area contributed by atoms with Crippen molar-refractivity contribution in [2.45, 2.75) is 6.92 Å². The molecule has 0 spiro atoms. The number of aliphatic hydroxyl groups is 1. The Morgan fingerprint density at radius 1 is 1.41 bits per heavy atom. The molecule has 0 atom stereocenters. The molecule has 0 saturated heterocycles. The molecule has 1 amide bonds. The lowest BCUT2D eigenvalue weighted by Gasteiger charge is -2.06. The summed E-state index contributed by atoms with van der Waals surface area (Å²) >= 11 is 0. The first-order valence-electron chi connectivity index (χ1n) is 8.29. The molecular formula is C21H22N2O4. The number of amides is 1. The highest BCUT2D eigenvalue weighted by atomic mass is 16.5. The molecule has 0 fully saturated rings. The van der Waals surface area contributed by atoms with E-state index in [1.807, 2.05) is 13.0 Å². The van der Waals surface area contributed by atoms with Crippen molar-refractivity contribution >= 4 is 28.3 Å². The minimum Gasteiger partial charge on any atom is -0.507 e. The Morgan fingerprint density at radius 2 is 2.19 bits per heavy atom. The van der Waals surface area contributed by atoms with E-state index < -0.39 is 0 Å². The number of likely N-dealkylation sites (N-methyl/N-ethyl adjacent to an activating group) is 1. The third-order valence-corrected chi connectivity index (χ3v) is 3.67. The van der Waals surface area contributed by atoms with Crippen molar-refractivity contribution in [2.24, 2.45) is 0 Å². The van der Waals surface area contributed by atoms with Crippen LogP contribution in [0.5, 0.6) is 0 Å². The highest BCUT2D eigenvalue weighted by molar-refractivity contribution is 5.81. The van der Waals surface area contributed by atoms with Crippen molar-refractivity contribution in [1.82, 2.24) is 10.3 Å². The molecule has 1 aromatic heterocycles. The maximum absolute atomic E-state index is 11.3. The second kappa shape index (κ2) is 9.24. The molecule has 0 unspecified atom stereocenters. The van der Waals surface area contributed by atoms with E-state index in [1.54, 1.807) is 24.3 Å². The smallest absolute Gasteiger partial charge is 0.257 e. The molecule has 0 aliphatic heterocycles. The van der Waals surface area contributed by atoms with Crippen molar-refractivity contribution in [3.8, 4) is 0 Å². The first kappa shape index (κ1) is 19.8. The largest absolute Gasteiger partial charge is 0.507 e. The quantitative estimate of drug-likeness (QED) is 0.542. The van der Waals surface area contributed by atoms with Gasteiger partial charge in [0.2, 0.25) is 5.89 Å². The Kier molecular flexibility index (Phi) is 6.77. The normalized spacial score (nSPS) is 12.7. The lowest BCUT2D eigenvalue weighted by atomic mass is 10.1. The number of rotatable bonds is 8. The van der Waals surface area contributed by atoms with Gasteiger partial charge in [0.15, 0.2) is 12.2 Å². The van der Waals surface area contributed by atoms with Crippen LogP contribution >= 0.6 is 0 Å². The zero-order chi connectivity index (χ0) is 19.8. The van der Waals surface area contributed by atoms with Crippen molar-refractivity contribution in [1.29, 1.82) is 0 Å². The van der Waals surface area contributed by atoms with E-state index >= 15 is 0 Å². The lowest BCUT2D eigenvalue weighted by molar-refractivity contribution is -0.123. The highest BCUT2D eigenvalue weighted by Gasteiger charge is 2.11. The summed E-state index contributed by atoms with van der Waals surface area (Å²) in [5, 5.41) is 12.4. The van der Waals surface area contributed by atoms with E-state index in [0.29, 0.717) is 33.9 Å². The summed E-state index contributed by atoms with van der Waals surface area (Å²) in [5.74, 6) is 0.653. The van der Waals surface area contributed by atoms with Gasteiger partial charge in [-0.15, -0.1) is 0 Å². The second-order valence-electron chi connectivity index (χ2n) is 5.45. The van der Waals surface area contributed by atoms with Crippen LogP contribution in [0.1, 0.15) is 18.4 Å². The number of hydrogen-bond acceptors (Lipinski definition) is 5. The van der Waals surface area contributed by atoms with Crippen molar-refractivity contribution in [3.63, 3.8) is 0 Å². The maximum Gasteiger partial charge on any atom is 0.257 e. The third-order valence-electron chi connectivity index (χ3n) is 3.67. The lowest BCUT2D eigenvalue weighted by Crippen LogP contribution is -2.22. The molecule has 6 heteroatoms. The number of oxazole rings is 1. The molecule has 0 saturated carbocycles. The number of nitrogens with zero attached hydrogens (tertiary/aromatic N) is 1. The van der Waals surface area contributed by atoms with Gasteiger partial charge in [0.05, 0.1) is 0 Å². The van der Waals surface area contributed by atoms with Gasteiger partial charge in [0.25, 0.3) is 5.91 Å². The van der Waals surface area contributed by atoms with Crippen molar-refractivity contribution in [3.05, 3.63) is 79.0 Å².